The maximum absolute atomic E-state index is 12.1. The third-order valence-electron chi connectivity index (χ3n) is 3.24. The normalized spacial score (nSPS) is 11.5. The van der Waals surface area contributed by atoms with E-state index in [4.69, 9.17) is 10.4 Å². The average Bonchev–Trinajstić information content (AvgIpc) is 2.56. The van der Waals surface area contributed by atoms with E-state index in [0.29, 0.717) is 5.69 Å². The number of carbonyl (C=O) groups is 1. The summed E-state index contributed by atoms with van der Waals surface area (Å²) < 4.78 is 22.4. The molecule has 0 aliphatic heterocycles. The van der Waals surface area contributed by atoms with E-state index in [2.05, 4.69) is 10.6 Å². The number of amides is 1. The molecule has 0 heterocycles. The molecule has 0 fully saturated rings. The van der Waals surface area contributed by atoms with Crippen LogP contribution in [-0.4, -0.2) is 14.3 Å². The maximum atomic E-state index is 12.1. The molecule has 0 atom stereocenters. The molecule has 4 N–H and O–H groups in total. The fourth-order valence-corrected chi connectivity index (χ4v) is 2.40. The SMILES string of the molecule is Cc1ccc(N/C=C(/C#N)C(=O)Nc2ccc(S(N)(=O)=O)cc2)cc1. The summed E-state index contributed by atoms with van der Waals surface area (Å²) in [6, 6.07) is 14.6. The van der Waals surface area contributed by atoms with Gasteiger partial charge in [0.15, 0.2) is 0 Å². The molecule has 2 rings (SSSR count). The zero-order valence-corrected chi connectivity index (χ0v) is 14.2. The quantitative estimate of drug-likeness (QED) is 0.559. The van der Waals surface area contributed by atoms with Crippen LogP contribution in [0.2, 0.25) is 0 Å². The van der Waals surface area contributed by atoms with Gasteiger partial charge in [-0.05, 0) is 43.3 Å². The zero-order valence-electron chi connectivity index (χ0n) is 13.4. The second kappa shape index (κ2) is 7.61. The van der Waals surface area contributed by atoms with E-state index < -0.39 is 15.9 Å². The van der Waals surface area contributed by atoms with Gasteiger partial charge in [-0.2, -0.15) is 5.26 Å². The lowest BCUT2D eigenvalue weighted by molar-refractivity contribution is -0.112. The number of aryl methyl sites for hydroxylation is 1. The van der Waals surface area contributed by atoms with Crippen molar-refractivity contribution in [3.63, 3.8) is 0 Å². The highest BCUT2D eigenvalue weighted by atomic mass is 32.2. The highest BCUT2D eigenvalue weighted by Gasteiger charge is 2.11. The molecular weight excluding hydrogens is 340 g/mol. The van der Waals surface area contributed by atoms with Crippen LogP contribution >= 0.6 is 0 Å². The van der Waals surface area contributed by atoms with E-state index in [0.717, 1.165) is 11.3 Å². The first-order chi connectivity index (χ1) is 11.8. The summed E-state index contributed by atoms with van der Waals surface area (Å²) >= 11 is 0. The summed E-state index contributed by atoms with van der Waals surface area (Å²) in [5.74, 6) is -0.620. The van der Waals surface area contributed by atoms with Crippen LogP contribution in [0.25, 0.3) is 0 Å². The number of primary sulfonamides is 1. The van der Waals surface area contributed by atoms with Crippen molar-refractivity contribution in [2.75, 3.05) is 10.6 Å². The minimum absolute atomic E-state index is 0.0671. The lowest BCUT2D eigenvalue weighted by Crippen LogP contribution is -2.15. The molecular formula is C17H16N4O3S. The van der Waals surface area contributed by atoms with Crippen LogP contribution in [0.1, 0.15) is 5.56 Å². The number of sulfonamides is 1. The van der Waals surface area contributed by atoms with Crippen LogP contribution in [0.3, 0.4) is 0 Å². The Bertz CT molecular complexity index is 941. The van der Waals surface area contributed by atoms with E-state index in [1.807, 2.05) is 37.3 Å². The topological polar surface area (TPSA) is 125 Å². The van der Waals surface area contributed by atoms with Gasteiger partial charge in [0, 0.05) is 17.6 Å². The number of hydrogen-bond acceptors (Lipinski definition) is 5. The number of hydrogen-bond donors (Lipinski definition) is 3. The van der Waals surface area contributed by atoms with Crippen molar-refractivity contribution in [1.29, 1.82) is 5.26 Å². The Morgan fingerprint density at radius 2 is 1.64 bits per heavy atom. The minimum Gasteiger partial charge on any atom is -0.360 e. The molecule has 0 radical (unpaired) electrons. The summed E-state index contributed by atoms with van der Waals surface area (Å²) in [6.45, 7) is 1.95. The van der Waals surface area contributed by atoms with Crippen molar-refractivity contribution in [2.24, 2.45) is 5.14 Å². The standard InChI is InChI=1S/C17H16N4O3S/c1-12-2-4-14(5-3-12)20-11-13(10-18)17(22)21-15-6-8-16(9-7-15)25(19,23)24/h2-9,11,20H,1H3,(H,21,22)(H2,19,23,24)/b13-11-. The van der Waals surface area contributed by atoms with E-state index in [1.165, 1.54) is 30.5 Å². The number of anilines is 2. The van der Waals surface area contributed by atoms with Crippen molar-refractivity contribution in [1.82, 2.24) is 0 Å². The van der Waals surface area contributed by atoms with Gasteiger partial charge in [0.2, 0.25) is 10.0 Å². The van der Waals surface area contributed by atoms with Gasteiger partial charge < -0.3 is 10.6 Å². The Labute approximate surface area is 145 Å². The largest absolute Gasteiger partial charge is 0.360 e. The van der Waals surface area contributed by atoms with Crippen molar-refractivity contribution >= 4 is 27.3 Å². The van der Waals surface area contributed by atoms with Crippen molar-refractivity contribution in [3.8, 4) is 6.07 Å². The predicted octanol–water partition coefficient (Wildman–Crippen LogP) is 2.10. The van der Waals surface area contributed by atoms with E-state index in [-0.39, 0.29) is 10.5 Å². The van der Waals surface area contributed by atoms with E-state index in [1.54, 1.807) is 0 Å². The molecule has 0 bridgehead atoms. The molecule has 8 heteroatoms. The van der Waals surface area contributed by atoms with Gasteiger partial charge in [0.1, 0.15) is 11.6 Å². The monoisotopic (exact) mass is 356 g/mol. The van der Waals surface area contributed by atoms with Crippen molar-refractivity contribution in [3.05, 3.63) is 65.9 Å². The third kappa shape index (κ3) is 5.17. The van der Waals surface area contributed by atoms with Crippen LogP contribution in [-0.2, 0) is 14.8 Å². The van der Waals surface area contributed by atoms with Gasteiger partial charge in [-0.3, -0.25) is 4.79 Å². The van der Waals surface area contributed by atoms with Gasteiger partial charge in [0.25, 0.3) is 5.91 Å². The summed E-state index contributed by atoms with van der Waals surface area (Å²) in [4.78, 5) is 12.0. The van der Waals surface area contributed by atoms with Crippen LogP contribution in [0, 0.1) is 18.3 Å². The van der Waals surface area contributed by atoms with E-state index in [9.17, 15) is 13.2 Å². The molecule has 128 valence electrons. The third-order valence-corrected chi connectivity index (χ3v) is 4.17. The highest BCUT2D eigenvalue weighted by molar-refractivity contribution is 7.89. The molecule has 0 saturated carbocycles. The number of nitrogens with zero attached hydrogens (tertiary/aromatic N) is 1. The van der Waals surface area contributed by atoms with Crippen LogP contribution in [0.5, 0.6) is 0 Å². The van der Waals surface area contributed by atoms with Crippen LogP contribution in [0.4, 0.5) is 11.4 Å². The van der Waals surface area contributed by atoms with Gasteiger partial charge in [-0.15, -0.1) is 0 Å². The van der Waals surface area contributed by atoms with Crippen molar-refractivity contribution in [2.45, 2.75) is 11.8 Å². The molecule has 0 aliphatic rings. The summed E-state index contributed by atoms with van der Waals surface area (Å²) in [5, 5.41) is 19.5. The first-order valence-corrected chi connectivity index (χ1v) is 8.72. The minimum atomic E-state index is -3.80. The predicted molar refractivity (Wildman–Crippen MR) is 94.9 cm³/mol. The number of nitrogens with two attached hydrogens (primary N) is 1. The Hall–Kier alpha value is -3.15. The molecule has 0 spiro atoms. The van der Waals surface area contributed by atoms with Crippen molar-refractivity contribution < 1.29 is 13.2 Å². The zero-order chi connectivity index (χ0) is 18.4. The summed E-state index contributed by atoms with van der Waals surface area (Å²) in [6.07, 6.45) is 1.30. The first kappa shape index (κ1) is 18.2. The van der Waals surface area contributed by atoms with Gasteiger partial charge in [0.05, 0.1) is 4.90 Å². The molecule has 25 heavy (non-hydrogen) atoms. The number of rotatable bonds is 5. The Balaban J connectivity index is 2.08. The maximum Gasteiger partial charge on any atom is 0.267 e. The van der Waals surface area contributed by atoms with Crippen LogP contribution in [0.15, 0.2) is 65.2 Å². The average molecular weight is 356 g/mol. The number of nitriles is 1. The lowest BCUT2D eigenvalue weighted by atomic mass is 10.2. The van der Waals surface area contributed by atoms with Gasteiger partial charge >= 0.3 is 0 Å². The number of carbonyl (C=O) groups excluding carboxylic acids is 1. The molecule has 7 nitrogen and oxygen atoms in total. The molecule has 0 aromatic heterocycles. The first-order valence-electron chi connectivity index (χ1n) is 7.17. The molecule has 1 amide bonds. The van der Waals surface area contributed by atoms with Gasteiger partial charge in [-0.1, -0.05) is 17.7 Å². The molecule has 0 unspecified atom stereocenters. The Morgan fingerprint density at radius 1 is 1.08 bits per heavy atom. The van der Waals surface area contributed by atoms with Gasteiger partial charge in [-0.25, -0.2) is 13.6 Å². The van der Waals surface area contributed by atoms with Crippen LogP contribution < -0.4 is 15.8 Å². The second-order valence-corrected chi connectivity index (χ2v) is 6.77. The molecule has 0 aliphatic carbocycles. The Kier molecular flexibility index (Phi) is 5.54. The number of benzene rings is 2. The fraction of sp³-hybridized carbons (Fsp3) is 0.0588. The number of nitrogens with one attached hydrogen (secondary N) is 2. The molecule has 2 aromatic carbocycles. The summed E-state index contributed by atoms with van der Waals surface area (Å²) in [7, 11) is -3.80. The Morgan fingerprint density at radius 3 is 2.16 bits per heavy atom. The highest BCUT2D eigenvalue weighted by Crippen LogP contribution is 2.14. The molecule has 0 saturated heterocycles. The summed E-state index contributed by atoms with van der Waals surface area (Å²) in [5.41, 5.74) is 2.05. The second-order valence-electron chi connectivity index (χ2n) is 5.20. The molecule has 2 aromatic rings. The smallest absolute Gasteiger partial charge is 0.267 e. The lowest BCUT2D eigenvalue weighted by Gasteiger charge is -2.06. The van der Waals surface area contributed by atoms with E-state index >= 15 is 0 Å². The fourth-order valence-electron chi connectivity index (χ4n) is 1.88.